The van der Waals surface area contributed by atoms with Crippen molar-refractivity contribution in [3.63, 3.8) is 0 Å². The summed E-state index contributed by atoms with van der Waals surface area (Å²) in [5.74, 6) is 0.0181. The second-order valence-electron chi connectivity index (χ2n) is 4.89. The molecule has 0 aliphatic heterocycles. The minimum absolute atomic E-state index is 0.0801. The standard InChI is InChI=1S/C17H20FNO/c1-12-6-4-7-13(10-12)15(19-2)11-14-8-5-9-16(20-3)17(14)18/h4-10,15,19H,11H2,1-3H3. The molecule has 0 aliphatic carbocycles. The quantitative estimate of drug-likeness (QED) is 0.898. The van der Waals surface area contributed by atoms with Crippen LogP contribution in [0.25, 0.3) is 0 Å². The maximum absolute atomic E-state index is 14.2. The van der Waals surface area contributed by atoms with Gasteiger partial charge in [0.2, 0.25) is 0 Å². The molecule has 2 rings (SSSR count). The van der Waals surface area contributed by atoms with E-state index in [-0.39, 0.29) is 11.9 Å². The van der Waals surface area contributed by atoms with E-state index in [1.807, 2.05) is 19.2 Å². The van der Waals surface area contributed by atoms with Crippen LogP contribution in [-0.2, 0) is 6.42 Å². The van der Waals surface area contributed by atoms with Gasteiger partial charge < -0.3 is 10.1 Å². The highest BCUT2D eigenvalue weighted by Crippen LogP contribution is 2.25. The average Bonchev–Trinajstić information content (AvgIpc) is 2.46. The van der Waals surface area contributed by atoms with Gasteiger partial charge in [-0.25, -0.2) is 4.39 Å². The third kappa shape index (κ3) is 3.17. The number of aryl methyl sites for hydroxylation is 1. The fourth-order valence-corrected chi connectivity index (χ4v) is 2.36. The SMILES string of the molecule is CNC(Cc1cccc(OC)c1F)c1cccc(C)c1. The van der Waals surface area contributed by atoms with Crippen LogP contribution in [0.5, 0.6) is 5.75 Å². The average molecular weight is 273 g/mol. The predicted octanol–water partition coefficient (Wildman–Crippen LogP) is 3.65. The molecule has 1 N–H and O–H groups in total. The highest BCUT2D eigenvalue weighted by molar-refractivity contribution is 5.33. The number of hydrogen-bond acceptors (Lipinski definition) is 2. The zero-order valence-corrected chi connectivity index (χ0v) is 12.1. The Morgan fingerprint density at radius 1 is 1.20 bits per heavy atom. The molecular weight excluding hydrogens is 253 g/mol. The Morgan fingerprint density at radius 3 is 2.60 bits per heavy atom. The van der Waals surface area contributed by atoms with Crippen molar-refractivity contribution in [2.75, 3.05) is 14.2 Å². The Labute approximate surface area is 119 Å². The van der Waals surface area contributed by atoms with Crippen molar-refractivity contribution in [3.8, 4) is 5.75 Å². The van der Waals surface area contributed by atoms with Gasteiger partial charge in [-0.2, -0.15) is 0 Å². The Kier molecular flexibility index (Phi) is 4.74. The van der Waals surface area contributed by atoms with Gasteiger partial charge >= 0.3 is 0 Å². The van der Waals surface area contributed by atoms with E-state index in [4.69, 9.17) is 4.74 Å². The lowest BCUT2D eigenvalue weighted by molar-refractivity contribution is 0.383. The van der Waals surface area contributed by atoms with Gasteiger partial charge in [0.15, 0.2) is 11.6 Å². The maximum atomic E-state index is 14.2. The molecule has 0 saturated carbocycles. The number of methoxy groups -OCH3 is 1. The largest absolute Gasteiger partial charge is 0.494 e. The number of rotatable bonds is 5. The number of hydrogen-bond donors (Lipinski definition) is 1. The fourth-order valence-electron chi connectivity index (χ4n) is 2.36. The van der Waals surface area contributed by atoms with Crippen LogP contribution in [0.4, 0.5) is 4.39 Å². The van der Waals surface area contributed by atoms with Crippen LogP contribution < -0.4 is 10.1 Å². The summed E-state index contributed by atoms with van der Waals surface area (Å²) in [7, 11) is 3.38. The molecule has 3 heteroatoms. The number of likely N-dealkylation sites (N-methyl/N-ethyl adjacent to an activating group) is 1. The van der Waals surface area contributed by atoms with E-state index < -0.39 is 0 Å². The van der Waals surface area contributed by atoms with Crippen molar-refractivity contribution in [2.24, 2.45) is 0 Å². The van der Waals surface area contributed by atoms with Gasteiger partial charge in [-0.15, -0.1) is 0 Å². The molecule has 20 heavy (non-hydrogen) atoms. The summed E-state index contributed by atoms with van der Waals surface area (Å²) >= 11 is 0. The van der Waals surface area contributed by atoms with E-state index in [2.05, 4.69) is 30.4 Å². The van der Waals surface area contributed by atoms with E-state index in [1.165, 1.54) is 12.7 Å². The van der Waals surface area contributed by atoms with E-state index >= 15 is 0 Å². The summed E-state index contributed by atoms with van der Waals surface area (Å²) in [5, 5.41) is 3.25. The second-order valence-corrected chi connectivity index (χ2v) is 4.89. The summed E-state index contributed by atoms with van der Waals surface area (Å²) < 4.78 is 19.2. The van der Waals surface area contributed by atoms with Crippen LogP contribution in [0, 0.1) is 12.7 Å². The monoisotopic (exact) mass is 273 g/mol. The van der Waals surface area contributed by atoms with Crippen LogP contribution >= 0.6 is 0 Å². The van der Waals surface area contributed by atoms with Gasteiger partial charge in [-0.3, -0.25) is 0 Å². The molecule has 0 amide bonds. The van der Waals surface area contributed by atoms with E-state index in [0.717, 1.165) is 5.56 Å². The first kappa shape index (κ1) is 14.5. The molecule has 2 aromatic rings. The third-order valence-electron chi connectivity index (χ3n) is 3.48. The van der Waals surface area contributed by atoms with Gasteiger partial charge in [0, 0.05) is 6.04 Å². The van der Waals surface area contributed by atoms with Gasteiger partial charge in [0.05, 0.1) is 7.11 Å². The molecule has 0 aliphatic rings. The van der Waals surface area contributed by atoms with Gasteiger partial charge in [-0.1, -0.05) is 42.0 Å². The van der Waals surface area contributed by atoms with Crippen molar-refractivity contribution in [3.05, 3.63) is 65.0 Å². The lowest BCUT2D eigenvalue weighted by atomic mass is 9.97. The first-order valence-electron chi connectivity index (χ1n) is 6.71. The fraction of sp³-hybridized carbons (Fsp3) is 0.294. The lowest BCUT2D eigenvalue weighted by Crippen LogP contribution is -2.19. The molecule has 0 saturated heterocycles. The van der Waals surface area contributed by atoms with E-state index in [9.17, 15) is 4.39 Å². The van der Waals surface area contributed by atoms with Gasteiger partial charge in [0.25, 0.3) is 0 Å². The van der Waals surface area contributed by atoms with Crippen molar-refractivity contribution in [1.29, 1.82) is 0 Å². The topological polar surface area (TPSA) is 21.3 Å². The predicted molar refractivity (Wildman–Crippen MR) is 79.6 cm³/mol. The zero-order valence-electron chi connectivity index (χ0n) is 12.1. The van der Waals surface area contributed by atoms with E-state index in [1.54, 1.807) is 12.1 Å². The maximum Gasteiger partial charge on any atom is 0.168 e. The first-order chi connectivity index (χ1) is 9.65. The molecule has 0 fully saturated rings. The summed E-state index contributed by atoms with van der Waals surface area (Å²) in [6.07, 6.45) is 0.586. The summed E-state index contributed by atoms with van der Waals surface area (Å²) in [4.78, 5) is 0. The molecule has 106 valence electrons. The Hall–Kier alpha value is -1.87. The van der Waals surface area contributed by atoms with Crippen molar-refractivity contribution in [1.82, 2.24) is 5.32 Å². The van der Waals surface area contributed by atoms with Crippen LogP contribution in [-0.4, -0.2) is 14.2 Å². The van der Waals surface area contributed by atoms with Crippen LogP contribution in [0.1, 0.15) is 22.7 Å². The molecule has 0 bridgehead atoms. The number of nitrogens with one attached hydrogen (secondary N) is 1. The van der Waals surface area contributed by atoms with Crippen LogP contribution in [0.15, 0.2) is 42.5 Å². The minimum Gasteiger partial charge on any atom is -0.494 e. The molecule has 0 spiro atoms. The summed E-state index contributed by atoms with van der Waals surface area (Å²) in [6, 6.07) is 13.6. The van der Waals surface area contributed by atoms with E-state index in [0.29, 0.717) is 17.7 Å². The molecular formula is C17H20FNO. The molecule has 2 aromatic carbocycles. The molecule has 0 radical (unpaired) electrons. The smallest absolute Gasteiger partial charge is 0.168 e. The Morgan fingerprint density at radius 2 is 1.95 bits per heavy atom. The number of ether oxygens (including phenoxy) is 1. The number of benzene rings is 2. The number of halogens is 1. The van der Waals surface area contributed by atoms with Gasteiger partial charge in [-0.05, 0) is 37.6 Å². The molecule has 1 atom stereocenters. The minimum atomic E-state index is -0.275. The van der Waals surface area contributed by atoms with Crippen molar-refractivity contribution >= 4 is 0 Å². The van der Waals surface area contributed by atoms with Crippen LogP contribution in [0.2, 0.25) is 0 Å². The lowest BCUT2D eigenvalue weighted by Gasteiger charge is -2.18. The highest BCUT2D eigenvalue weighted by Gasteiger charge is 2.15. The molecule has 1 unspecified atom stereocenters. The van der Waals surface area contributed by atoms with Crippen molar-refractivity contribution in [2.45, 2.75) is 19.4 Å². The zero-order chi connectivity index (χ0) is 14.5. The van der Waals surface area contributed by atoms with Crippen LogP contribution in [0.3, 0.4) is 0 Å². The highest BCUT2D eigenvalue weighted by atomic mass is 19.1. The summed E-state index contributed by atoms with van der Waals surface area (Å²) in [5.41, 5.74) is 3.02. The molecule has 0 heterocycles. The molecule has 0 aromatic heterocycles. The summed E-state index contributed by atoms with van der Waals surface area (Å²) in [6.45, 7) is 2.06. The van der Waals surface area contributed by atoms with Crippen molar-refractivity contribution < 1.29 is 9.13 Å². The first-order valence-corrected chi connectivity index (χ1v) is 6.71. The third-order valence-corrected chi connectivity index (χ3v) is 3.48. The second kappa shape index (κ2) is 6.53. The van der Waals surface area contributed by atoms with Gasteiger partial charge in [0.1, 0.15) is 0 Å². The molecule has 2 nitrogen and oxygen atoms in total. The normalized spacial score (nSPS) is 12.2. The Balaban J connectivity index is 2.27. The Bertz CT molecular complexity index is 583.